The molecule has 1 N–H and O–H groups in total. The Balaban J connectivity index is 1.53. The molecule has 8 heteroatoms. The number of aromatic hydroxyl groups is 1. The van der Waals surface area contributed by atoms with Gasteiger partial charge in [-0.1, -0.05) is 30.3 Å². The van der Waals surface area contributed by atoms with Gasteiger partial charge in [0.05, 0.1) is 6.10 Å². The first-order chi connectivity index (χ1) is 14.5. The van der Waals surface area contributed by atoms with E-state index in [1.807, 2.05) is 30.3 Å². The van der Waals surface area contributed by atoms with Gasteiger partial charge >= 0.3 is 0 Å². The predicted molar refractivity (Wildman–Crippen MR) is 107 cm³/mol. The molecule has 0 spiro atoms. The molecule has 1 aromatic heterocycles. The first-order valence-electron chi connectivity index (χ1n) is 10.0. The van der Waals surface area contributed by atoms with Gasteiger partial charge in [-0.15, -0.1) is 0 Å². The minimum atomic E-state index is -0.710. The minimum Gasteiger partial charge on any atom is -0.502 e. The van der Waals surface area contributed by atoms with Crippen LogP contribution in [-0.2, 0) is 16.1 Å². The van der Waals surface area contributed by atoms with Crippen LogP contribution >= 0.6 is 0 Å². The highest BCUT2D eigenvalue weighted by molar-refractivity contribution is 5.94. The third-order valence-electron chi connectivity index (χ3n) is 5.32. The number of amides is 2. The maximum Gasteiger partial charge on any atom is 0.290 e. The Bertz CT molecular complexity index is 969. The van der Waals surface area contributed by atoms with Crippen LogP contribution in [0.4, 0.5) is 0 Å². The molecule has 1 aliphatic carbocycles. The molecule has 4 rings (SSSR count). The largest absolute Gasteiger partial charge is 0.502 e. The molecule has 1 saturated heterocycles. The van der Waals surface area contributed by atoms with E-state index in [9.17, 15) is 19.5 Å². The molecule has 2 heterocycles. The molecule has 2 aromatic rings. The van der Waals surface area contributed by atoms with Crippen molar-refractivity contribution in [2.75, 3.05) is 26.2 Å². The van der Waals surface area contributed by atoms with Crippen LogP contribution in [0.5, 0.6) is 5.75 Å². The summed E-state index contributed by atoms with van der Waals surface area (Å²) in [4.78, 5) is 40.6. The van der Waals surface area contributed by atoms with Gasteiger partial charge in [0.25, 0.3) is 5.91 Å². The van der Waals surface area contributed by atoms with Crippen LogP contribution in [0.1, 0.15) is 29.0 Å². The molecule has 0 unspecified atom stereocenters. The van der Waals surface area contributed by atoms with Crippen LogP contribution in [0.2, 0.25) is 0 Å². The summed E-state index contributed by atoms with van der Waals surface area (Å²) >= 11 is 0. The van der Waals surface area contributed by atoms with Crippen LogP contribution in [0.15, 0.2) is 51.9 Å². The zero-order valence-electron chi connectivity index (χ0n) is 16.5. The lowest BCUT2D eigenvalue weighted by Crippen LogP contribution is -2.40. The highest BCUT2D eigenvalue weighted by Crippen LogP contribution is 2.29. The van der Waals surface area contributed by atoms with Crippen LogP contribution in [0.25, 0.3) is 0 Å². The van der Waals surface area contributed by atoms with Crippen LogP contribution in [0.3, 0.4) is 0 Å². The Kier molecular flexibility index (Phi) is 5.85. The van der Waals surface area contributed by atoms with Gasteiger partial charge < -0.3 is 24.1 Å². The van der Waals surface area contributed by atoms with Gasteiger partial charge in [0.2, 0.25) is 11.3 Å². The molecule has 2 amide bonds. The second-order valence-electron chi connectivity index (χ2n) is 7.84. The van der Waals surface area contributed by atoms with E-state index in [0.29, 0.717) is 25.6 Å². The van der Waals surface area contributed by atoms with E-state index in [1.54, 1.807) is 4.90 Å². The first-order valence-corrected chi connectivity index (χ1v) is 10.0. The van der Waals surface area contributed by atoms with E-state index < -0.39 is 17.1 Å². The molecule has 1 saturated carbocycles. The number of nitrogens with zero attached hydrogens (tertiary/aromatic N) is 2. The molecule has 8 nitrogen and oxygen atoms in total. The van der Waals surface area contributed by atoms with E-state index >= 15 is 0 Å². The fraction of sp³-hybridized carbons (Fsp3) is 0.409. The highest BCUT2D eigenvalue weighted by atomic mass is 16.5. The molecule has 1 aliphatic heterocycles. The summed E-state index contributed by atoms with van der Waals surface area (Å²) in [6.45, 7) is 1.49. The lowest BCUT2D eigenvalue weighted by atomic mass is 10.2. The van der Waals surface area contributed by atoms with Gasteiger partial charge in [-0.25, -0.2) is 0 Å². The molecule has 1 atom stereocenters. The summed E-state index contributed by atoms with van der Waals surface area (Å²) in [5.74, 6) is -1.03. The van der Waals surface area contributed by atoms with Crippen molar-refractivity contribution in [3.63, 3.8) is 0 Å². The van der Waals surface area contributed by atoms with E-state index in [2.05, 4.69) is 0 Å². The summed E-state index contributed by atoms with van der Waals surface area (Å²) in [6, 6.07) is 10.6. The average Bonchev–Trinajstić information content (AvgIpc) is 3.58. The van der Waals surface area contributed by atoms with Crippen LogP contribution in [-0.4, -0.2) is 59.1 Å². The predicted octanol–water partition coefficient (Wildman–Crippen LogP) is 1.63. The topological polar surface area (TPSA) is 100 Å². The van der Waals surface area contributed by atoms with Gasteiger partial charge in [0, 0.05) is 32.3 Å². The quantitative estimate of drug-likeness (QED) is 0.774. The van der Waals surface area contributed by atoms with E-state index in [-0.39, 0.29) is 30.9 Å². The van der Waals surface area contributed by atoms with Gasteiger partial charge in [0.15, 0.2) is 11.5 Å². The smallest absolute Gasteiger partial charge is 0.290 e. The Hall–Kier alpha value is -3.13. The number of hydrogen-bond acceptors (Lipinski definition) is 6. The number of hydrogen-bond donors (Lipinski definition) is 1. The maximum absolute atomic E-state index is 12.9. The third-order valence-corrected chi connectivity index (χ3v) is 5.32. The zero-order chi connectivity index (χ0) is 21.1. The minimum absolute atomic E-state index is 0.139. The van der Waals surface area contributed by atoms with Crippen LogP contribution in [0, 0.1) is 5.92 Å². The van der Waals surface area contributed by atoms with Gasteiger partial charge in [0.1, 0.15) is 12.8 Å². The summed E-state index contributed by atoms with van der Waals surface area (Å²) in [7, 11) is 0. The van der Waals surface area contributed by atoms with E-state index in [1.165, 1.54) is 4.90 Å². The third kappa shape index (κ3) is 4.88. The molecule has 158 valence electrons. The summed E-state index contributed by atoms with van der Waals surface area (Å²) in [5.41, 5.74) is 0.286. The molecule has 2 fully saturated rings. The highest BCUT2D eigenvalue weighted by Gasteiger charge is 2.33. The van der Waals surface area contributed by atoms with Crippen molar-refractivity contribution in [1.82, 2.24) is 9.80 Å². The van der Waals surface area contributed by atoms with Crippen molar-refractivity contribution >= 4 is 11.8 Å². The SMILES string of the molecule is O=C1CN(C(=O)c2cc(=O)c(O)co2)C[C@@H](OCC2CC2)CN1Cc1ccccc1. The first kappa shape index (κ1) is 20.2. The van der Waals surface area contributed by atoms with Crippen molar-refractivity contribution in [3.8, 4) is 5.75 Å². The maximum atomic E-state index is 12.9. The molecule has 1 aromatic carbocycles. The molecule has 0 radical (unpaired) electrons. The number of carbonyl (C=O) groups is 2. The Labute approximate surface area is 173 Å². The van der Waals surface area contributed by atoms with Crippen molar-refractivity contribution in [2.24, 2.45) is 5.92 Å². The number of ether oxygens (including phenoxy) is 1. The molecule has 0 bridgehead atoms. The number of benzene rings is 1. The number of rotatable bonds is 6. The fourth-order valence-electron chi connectivity index (χ4n) is 3.42. The van der Waals surface area contributed by atoms with Crippen molar-refractivity contribution < 1.29 is 23.8 Å². The zero-order valence-corrected chi connectivity index (χ0v) is 16.5. The number of carbonyl (C=O) groups excluding carboxylic acids is 2. The van der Waals surface area contributed by atoms with Gasteiger partial charge in [-0.3, -0.25) is 14.4 Å². The van der Waals surface area contributed by atoms with Gasteiger partial charge in [-0.05, 0) is 24.3 Å². The molecule has 30 heavy (non-hydrogen) atoms. The van der Waals surface area contributed by atoms with Crippen molar-refractivity contribution in [2.45, 2.75) is 25.5 Å². The summed E-state index contributed by atoms with van der Waals surface area (Å²) < 4.78 is 11.1. The Morgan fingerprint density at radius 3 is 2.63 bits per heavy atom. The summed E-state index contributed by atoms with van der Waals surface area (Å²) in [6.07, 6.45) is 2.77. The molecular weight excluding hydrogens is 388 g/mol. The fourth-order valence-corrected chi connectivity index (χ4v) is 3.42. The van der Waals surface area contributed by atoms with E-state index in [4.69, 9.17) is 9.15 Å². The molecular formula is C22H24N2O6. The Morgan fingerprint density at radius 2 is 1.93 bits per heavy atom. The van der Waals surface area contributed by atoms with E-state index in [0.717, 1.165) is 30.7 Å². The average molecular weight is 412 g/mol. The van der Waals surface area contributed by atoms with Gasteiger partial charge in [-0.2, -0.15) is 0 Å². The molecule has 2 aliphatic rings. The Morgan fingerprint density at radius 1 is 1.17 bits per heavy atom. The van der Waals surface area contributed by atoms with Crippen LogP contribution < -0.4 is 5.43 Å². The lowest BCUT2D eigenvalue weighted by Gasteiger charge is -2.24. The normalized spacial score (nSPS) is 19.6. The second kappa shape index (κ2) is 8.71. The van der Waals surface area contributed by atoms with Crippen molar-refractivity contribution in [1.29, 1.82) is 0 Å². The monoisotopic (exact) mass is 412 g/mol. The summed E-state index contributed by atoms with van der Waals surface area (Å²) in [5, 5.41) is 9.36. The van der Waals surface area contributed by atoms with Crippen molar-refractivity contribution in [3.05, 3.63) is 64.2 Å². The lowest BCUT2D eigenvalue weighted by molar-refractivity contribution is -0.132. The standard InChI is InChI=1S/C22H24N2O6/c25-18-8-20(30-14-19(18)26)22(28)24-11-17(29-13-16-6-7-16)10-23(21(27)12-24)9-15-4-2-1-3-5-15/h1-5,8,14,16-17,26H,6-7,9-13H2/t17-/m0/s1. The second-order valence-corrected chi connectivity index (χ2v) is 7.84.